The van der Waals surface area contributed by atoms with E-state index in [1.54, 1.807) is 11.3 Å². The second kappa shape index (κ2) is 10.2. The summed E-state index contributed by atoms with van der Waals surface area (Å²) < 4.78 is 6.66. The molecule has 0 amide bonds. The molecule has 0 aliphatic rings. The number of benzene rings is 5. The van der Waals surface area contributed by atoms with E-state index in [0.29, 0.717) is 5.75 Å². The quantitative estimate of drug-likeness (QED) is 0.0968. The molecular weight excluding hydrogens is 490 g/mol. The normalized spacial score (nSPS) is 11.3. The molecule has 1 aromatic heterocycles. The highest BCUT2D eigenvalue weighted by Crippen LogP contribution is 2.42. The van der Waals surface area contributed by atoms with Gasteiger partial charge in [0.25, 0.3) is 0 Å². The minimum Gasteiger partial charge on any atom is -0.423 e. The van der Waals surface area contributed by atoms with Crippen LogP contribution < -0.4 is 4.74 Å². The average Bonchev–Trinajstić information content (AvgIpc) is 3.41. The summed E-state index contributed by atoms with van der Waals surface area (Å²) in [6.07, 6.45) is 1.16. The lowest BCUT2D eigenvalue weighted by atomic mass is 9.95. The molecule has 0 bridgehead atoms. The molecule has 0 spiro atoms. The molecule has 0 unspecified atom stereocenters. The van der Waals surface area contributed by atoms with Crippen molar-refractivity contribution in [3.63, 3.8) is 0 Å². The Kier molecular flexibility index (Phi) is 6.30. The third-order valence-corrected chi connectivity index (χ3v) is 7.20. The zero-order valence-corrected chi connectivity index (χ0v) is 21.1. The van der Waals surface area contributed by atoms with Gasteiger partial charge in [-0.25, -0.2) is 9.78 Å². The van der Waals surface area contributed by atoms with Crippen molar-refractivity contribution in [1.29, 1.82) is 0 Å². The molecule has 0 atom stereocenters. The number of thiazole rings is 1. The molecule has 6 rings (SSSR count). The summed E-state index contributed by atoms with van der Waals surface area (Å²) in [7, 11) is 0. The van der Waals surface area contributed by atoms with Crippen LogP contribution in [0.25, 0.3) is 42.7 Å². The molecule has 0 aliphatic heterocycles. The second-order valence-electron chi connectivity index (χ2n) is 8.54. The van der Waals surface area contributed by atoms with Gasteiger partial charge in [-0.3, -0.25) is 0 Å². The van der Waals surface area contributed by atoms with Gasteiger partial charge in [0.1, 0.15) is 10.8 Å². The van der Waals surface area contributed by atoms with E-state index in [1.165, 1.54) is 0 Å². The van der Waals surface area contributed by atoms with Crippen LogP contribution in [-0.4, -0.2) is 11.0 Å². The number of azo groups is 1. The number of esters is 1. The molecule has 1 heterocycles. The number of rotatable bonds is 6. The Labute approximate surface area is 223 Å². The minimum absolute atomic E-state index is 0.476. The minimum atomic E-state index is -0.502. The average molecular weight is 512 g/mol. The van der Waals surface area contributed by atoms with Crippen molar-refractivity contribution >= 4 is 49.7 Å². The van der Waals surface area contributed by atoms with Crippen LogP contribution in [-0.2, 0) is 4.79 Å². The highest BCUT2D eigenvalue weighted by atomic mass is 32.1. The van der Waals surface area contributed by atoms with Crippen molar-refractivity contribution in [2.24, 2.45) is 10.2 Å². The first kappa shape index (κ1) is 23.5. The Morgan fingerprint density at radius 3 is 2.37 bits per heavy atom. The molecule has 5 nitrogen and oxygen atoms in total. The Morgan fingerprint density at radius 2 is 1.55 bits per heavy atom. The maximum Gasteiger partial charge on any atom is 0.335 e. The van der Waals surface area contributed by atoms with E-state index in [9.17, 15) is 4.79 Å². The number of carbonyl (C=O) groups excluding carboxylic acids is 1. The van der Waals surface area contributed by atoms with Gasteiger partial charge in [0.15, 0.2) is 0 Å². The van der Waals surface area contributed by atoms with Crippen LogP contribution in [0, 0.1) is 0 Å². The number of hydrogen-bond acceptors (Lipinski definition) is 6. The zero-order valence-electron chi connectivity index (χ0n) is 20.2. The molecule has 6 heteroatoms. The van der Waals surface area contributed by atoms with Crippen molar-refractivity contribution in [1.82, 2.24) is 4.98 Å². The van der Waals surface area contributed by atoms with E-state index < -0.39 is 5.97 Å². The third kappa shape index (κ3) is 4.61. The number of fused-ring (bicyclic) bond motifs is 2. The van der Waals surface area contributed by atoms with E-state index in [4.69, 9.17) is 9.72 Å². The zero-order chi connectivity index (χ0) is 25.9. The Bertz CT molecular complexity index is 1810. The number of ether oxygens (including phenoxy) is 1. The van der Waals surface area contributed by atoms with Crippen LogP contribution in [0.1, 0.15) is 0 Å². The van der Waals surface area contributed by atoms with Crippen LogP contribution in [0.4, 0.5) is 11.4 Å². The topological polar surface area (TPSA) is 63.9 Å². The highest BCUT2D eigenvalue weighted by molar-refractivity contribution is 7.21. The standard InChI is InChI=1S/C32H21N3O2S/c1-2-31(36)37-29-19-17-24(23-12-6-7-13-25(23)29)26-20-21(32-33-28-14-8-9-15-30(28)38-32)16-18-27(26)35-34-22-10-4-3-5-11-22/h2-20H,1H2/b35-34+. The van der Waals surface area contributed by atoms with E-state index >= 15 is 0 Å². The van der Waals surface area contributed by atoms with E-state index in [0.717, 1.165) is 60.1 Å². The SMILES string of the molecule is C=CC(=O)Oc1ccc(-c2cc(-c3nc4ccccc4s3)ccc2/N=N/c2ccccc2)c2ccccc12. The summed E-state index contributed by atoms with van der Waals surface area (Å²) in [5.41, 5.74) is 5.31. The van der Waals surface area contributed by atoms with Crippen molar-refractivity contribution in [2.75, 3.05) is 0 Å². The first-order valence-corrected chi connectivity index (χ1v) is 12.8. The maximum absolute atomic E-state index is 12.0. The van der Waals surface area contributed by atoms with Gasteiger partial charge in [-0.05, 0) is 65.5 Å². The lowest BCUT2D eigenvalue weighted by molar-refractivity contribution is -0.128. The molecule has 0 saturated heterocycles. The first-order chi connectivity index (χ1) is 18.7. The van der Waals surface area contributed by atoms with Gasteiger partial charge < -0.3 is 4.74 Å². The van der Waals surface area contributed by atoms with Gasteiger partial charge >= 0.3 is 5.97 Å². The van der Waals surface area contributed by atoms with Crippen molar-refractivity contribution in [2.45, 2.75) is 0 Å². The van der Waals surface area contributed by atoms with Crippen LogP contribution in [0.5, 0.6) is 5.75 Å². The number of nitrogens with zero attached hydrogens (tertiary/aromatic N) is 3. The summed E-state index contributed by atoms with van der Waals surface area (Å²) in [6.45, 7) is 3.51. The van der Waals surface area contributed by atoms with Crippen molar-refractivity contribution in [3.8, 4) is 27.4 Å². The third-order valence-electron chi connectivity index (χ3n) is 6.12. The molecule has 38 heavy (non-hydrogen) atoms. The second-order valence-corrected chi connectivity index (χ2v) is 9.57. The van der Waals surface area contributed by atoms with Gasteiger partial charge in [-0.1, -0.05) is 61.2 Å². The first-order valence-electron chi connectivity index (χ1n) is 12.0. The largest absolute Gasteiger partial charge is 0.423 e. The fraction of sp³-hybridized carbons (Fsp3) is 0. The molecule has 182 valence electrons. The van der Waals surface area contributed by atoms with E-state index in [1.807, 2.05) is 97.1 Å². The predicted molar refractivity (Wildman–Crippen MR) is 154 cm³/mol. The molecule has 0 aliphatic carbocycles. The molecule has 0 radical (unpaired) electrons. The Morgan fingerprint density at radius 1 is 0.789 bits per heavy atom. The summed E-state index contributed by atoms with van der Waals surface area (Å²) in [5.74, 6) is -0.0258. The Balaban J connectivity index is 1.54. The molecule has 6 aromatic rings. The summed E-state index contributed by atoms with van der Waals surface area (Å²) in [4.78, 5) is 16.8. The van der Waals surface area contributed by atoms with Crippen LogP contribution in [0.15, 0.2) is 132 Å². The lowest BCUT2D eigenvalue weighted by Gasteiger charge is -2.13. The monoisotopic (exact) mass is 511 g/mol. The van der Waals surface area contributed by atoms with Gasteiger partial charge in [-0.2, -0.15) is 5.11 Å². The molecule has 5 aromatic carbocycles. The summed E-state index contributed by atoms with van der Waals surface area (Å²) in [5, 5.41) is 11.8. The molecule has 0 fully saturated rings. The van der Waals surface area contributed by atoms with Gasteiger partial charge in [0.05, 0.1) is 21.6 Å². The van der Waals surface area contributed by atoms with Crippen molar-refractivity contribution < 1.29 is 9.53 Å². The molecule has 0 N–H and O–H groups in total. The fourth-order valence-corrected chi connectivity index (χ4v) is 5.28. The molecule has 0 saturated carbocycles. The predicted octanol–water partition coefficient (Wildman–Crippen LogP) is 9.29. The highest BCUT2D eigenvalue weighted by Gasteiger charge is 2.16. The Hall–Kier alpha value is -4.94. The van der Waals surface area contributed by atoms with Gasteiger partial charge in [-0.15, -0.1) is 16.5 Å². The van der Waals surface area contributed by atoms with Crippen molar-refractivity contribution in [3.05, 3.63) is 122 Å². The van der Waals surface area contributed by atoms with Crippen LogP contribution >= 0.6 is 11.3 Å². The maximum atomic E-state index is 12.0. The summed E-state index contributed by atoms with van der Waals surface area (Å²) >= 11 is 1.65. The fourth-order valence-electron chi connectivity index (χ4n) is 4.32. The number of hydrogen-bond donors (Lipinski definition) is 0. The lowest BCUT2D eigenvalue weighted by Crippen LogP contribution is -2.03. The molecular formula is C32H21N3O2S. The van der Waals surface area contributed by atoms with E-state index in [-0.39, 0.29) is 0 Å². The van der Waals surface area contributed by atoms with Gasteiger partial charge in [0.2, 0.25) is 0 Å². The number of aromatic nitrogens is 1. The van der Waals surface area contributed by atoms with Crippen LogP contribution in [0.3, 0.4) is 0 Å². The van der Waals surface area contributed by atoms with Crippen LogP contribution in [0.2, 0.25) is 0 Å². The smallest absolute Gasteiger partial charge is 0.335 e. The van der Waals surface area contributed by atoms with E-state index in [2.05, 4.69) is 28.9 Å². The number of para-hydroxylation sites is 1. The summed E-state index contributed by atoms with van der Waals surface area (Å²) in [6, 6.07) is 35.5. The number of carbonyl (C=O) groups is 1. The van der Waals surface area contributed by atoms with Gasteiger partial charge in [0, 0.05) is 22.6 Å².